The molecule has 0 aromatic rings. The van der Waals surface area contributed by atoms with Crippen LogP contribution < -0.4 is 0 Å². The maximum atomic E-state index is 5.72. The number of allylic oxidation sites excluding steroid dienone is 7. The highest BCUT2D eigenvalue weighted by molar-refractivity contribution is 5.73. The SMILES string of the molecule is C=CC[N+]1(C)CCN(C2=CC=C3C(=CC=C4C=CC=C5OC=NC453)C2)CC1. The predicted octanol–water partition coefficient (Wildman–Crippen LogP) is 3.27. The van der Waals surface area contributed by atoms with Crippen LogP contribution >= 0.6 is 0 Å². The van der Waals surface area contributed by atoms with Crippen LogP contribution in [0.2, 0.25) is 0 Å². The van der Waals surface area contributed by atoms with Crippen molar-refractivity contribution in [3.05, 3.63) is 83.4 Å². The van der Waals surface area contributed by atoms with Crippen molar-refractivity contribution >= 4 is 6.40 Å². The Bertz CT molecular complexity index is 904. The van der Waals surface area contributed by atoms with Gasteiger partial charge in [-0.1, -0.05) is 37.0 Å². The van der Waals surface area contributed by atoms with Gasteiger partial charge < -0.3 is 14.1 Å². The summed E-state index contributed by atoms with van der Waals surface area (Å²) < 4.78 is 6.82. The van der Waals surface area contributed by atoms with E-state index in [4.69, 9.17) is 9.73 Å². The van der Waals surface area contributed by atoms with Gasteiger partial charge in [0.15, 0.2) is 11.9 Å². The number of nitrogens with zero attached hydrogens (tertiary/aromatic N) is 3. The van der Waals surface area contributed by atoms with Crippen molar-refractivity contribution in [3.8, 4) is 0 Å². The van der Waals surface area contributed by atoms with Gasteiger partial charge in [0.25, 0.3) is 0 Å². The van der Waals surface area contributed by atoms with Crippen LogP contribution in [0, 0.1) is 0 Å². The third kappa shape index (κ3) is 2.43. The number of aliphatic imine (C=N–C) groups is 1. The lowest BCUT2D eigenvalue weighted by atomic mass is 9.70. The molecule has 1 spiro atoms. The smallest absolute Gasteiger partial charge is 0.177 e. The molecule has 0 N–H and O–H groups in total. The van der Waals surface area contributed by atoms with Crippen LogP contribution in [-0.2, 0) is 4.74 Å². The Labute approximate surface area is 161 Å². The van der Waals surface area contributed by atoms with E-state index in [2.05, 4.69) is 55.0 Å². The normalized spacial score (nSPS) is 30.0. The third-order valence-corrected chi connectivity index (χ3v) is 6.53. The molecule has 1 unspecified atom stereocenters. The van der Waals surface area contributed by atoms with E-state index in [9.17, 15) is 0 Å². The summed E-state index contributed by atoms with van der Waals surface area (Å²) in [5, 5.41) is 0. The first-order chi connectivity index (χ1) is 13.1. The van der Waals surface area contributed by atoms with Gasteiger partial charge in [0.2, 0.25) is 0 Å². The van der Waals surface area contributed by atoms with E-state index in [1.807, 2.05) is 12.2 Å². The molecule has 0 bridgehead atoms. The molecule has 0 amide bonds. The molecule has 5 rings (SSSR count). The van der Waals surface area contributed by atoms with Gasteiger partial charge in [-0.2, -0.15) is 0 Å². The number of quaternary nitrogens is 1. The summed E-state index contributed by atoms with van der Waals surface area (Å²) in [6, 6.07) is 0. The van der Waals surface area contributed by atoms with Gasteiger partial charge in [-0.3, -0.25) is 0 Å². The fourth-order valence-electron chi connectivity index (χ4n) is 4.86. The van der Waals surface area contributed by atoms with Crippen molar-refractivity contribution in [2.75, 3.05) is 39.8 Å². The zero-order chi connectivity index (χ0) is 18.5. The van der Waals surface area contributed by atoms with E-state index < -0.39 is 5.54 Å². The molecule has 0 radical (unpaired) electrons. The Hall–Kier alpha value is -2.59. The molecule has 5 aliphatic rings. The molecule has 2 aliphatic heterocycles. The van der Waals surface area contributed by atoms with Crippen molar-refractivity contribution in [2.45, 2.75) is 12.0 Å². The maximum Gasteiger partial charge on any atom is 0.177 e. The molecule has 0 saturated carbocycles. The molecule has 2 heterocycles. The van der Waals surface area contributed by atoms with E-state index in [0.29, 0.717) is 0 Å². The summed E-state index contributed by atoms with van der Waals surface area (Å²) in [6.45, 7) is 9.52. The quantitative estimate of drug-likeness (QED) is 0.570. The van der Waals surface area contributed by atoms with Gasteiger partial charge in [-0.15, -0.1) is 0 Å². The summed E-state index contributed by atoms with van der Waals surface area (Å²) >= 11 is 0. The van der Waals surface area contributed by atoms with E-state index in [0.717, 1.165) is 36.3 Å². The summed E-state index contributed by atoms with van der Waals surface area (Å²) in [7, 11) is 2.34. The van der Waals surface area contributed by atoms with Crippen molar-refractivity contribution < 1.29 is 9.22 Å². The van der Waals surface area contributed by atoms with Gasteiger partial charge >= 0.3 is 0 Å². The van der Waals surface area contributed by atoms with Gasteiger partial charge in [-0.25, -0.2) is 4.99 Å². The first kappa shape index (κ1) is 16.6. The highest BCUT2D eigenvalue weighted by Crippen LogP contribution is 2.50. The number of hydrogen-bond donors (Lipinski definition) is 0. The van der Waals surface area contributed by atoms with E-state index in [1.54, 1.807) is 6.40 Å². The van der Waals surface area contributed by atoms with Crippen LogP contribution in [0.25, 0.3) is 0 Å². The number of hydrogen-bond acceptors (Lipinski definition) is 3. The van der Waals surface area contributed by atoms with Crippen LogP contribution in [-0.4, -0.2) is 61.1 Å². The lowest BCUT2D eigenvalue weighted by Crippen LogP contribution is -2.56. The first-order valence-corrected chi connectivity index (χ1v) is 9.76. The lowest BCUT2D eigenvalue weighted by molar-refractivity contribution is -0.907. The molecular weight excluding hydrogens is 334 g/mol. The molecule has 1 fully saturated rings. The molecule has 27 heavy (non-hydrogen) atoms. The minimum Gasteiger partial charge on any atom is -0.447 e. The number of fused-ring (bicyclic) bond motifs is 1. The zero-order valence-electron chi connectivity index (χ0n) is 15.9. The van der Waals surface area contributed by atoms with Crippen molar-refractivity contribution in [1.29, 1.82) is 0 Å². The molecule has 0 aromatic carbocycles. The molecule has 0 aromatic heterocycles. The molecule has 4 heteroatoms. The van der Waals surface area contributed by atoms with Crippen LogP contribution in [0.1, 0.15) is 6.42 Å². The van der Waals surface area contributed by atoms with Gasteiger partial charge in [0.1, 0.15) is 5.76 Å². The Morgan fingerprint density at radius 1 is 1.22 bits per heavy atom. The third-order valence-electron chi connectivity index (χ3n) is 6.53. The minimum absolute atomic E-state index is 0.456. The van der Waals surface area contributed by atoms with Crippen molar-refractivity contribution in [1.82, 2.24) is 4.90 Å². The number of likely N-dealkylation sites (N-methyl/N-ethyl adjacent to an activating group) is 1. The molecule has 3 aliphatic carbocycles. The van der Waals surface area contributed by atoms with Gasteiger partial charge in [0.05, 0.1) is 39.8 Å². The summed E-state index contributed by atoms with van der Waals surface area (Å²) in [5.41, 5.74) is 4.77. The predicted molar refractivity (Wildman–Crippen MR) is 109 cm³/mol. The summed E-state index contributed by atoms with van der Waals surface area (Å²) in [6.07, 6.45) is 19.9. The number of ether oxygens (including phenoxy) is 1. The zero-order valence-corrected chi connectivity index (χ0v) is 15.9. The van der Waals surface area contributed by atoms with Crippen LogP contribution in [0.3, 0.4) is 0 Å². The molecule has 1 atom stereocenters. The monoisotopic (exact) mass is 360 g/mol. The minimum atomic E-state index is -0.456. The Morgan fingerprint density at radius 2 is 2.07 bits per heavy atom. The molecule has 138 valence electrons. The van der Waals surface area contributed by atoms with Crippen LogP contribution in [0.5, 0.6) is 0 Å². The highest BCUT2D eigenvalue weighted by atomic mass is 16.5. The largest absolute Gasteiger partial charge is 0.447 e. The average molecular weight is 360 g/mol. The summed E-state index contributed by atoms with van der Waals surface area (Å²) in [5.74, 6) is 0.917. The number of piperazine rings is 1. The lowest BCUT2D eigenvalue weighted by Gasteiger charge is -2.44. The topological polar surface area (TPSA) is 24.8 Å². The van der Waals surface area contributed by atoms with E-state index in [1.165, 1.54) is 35.5 Å². The van der Waals surface area contributed by atoms with Gasteiger partial charge in [0, 0.05) is 12.1 Å². The van der Waals surface area contributed by atoms with Crippen LogP contribution in [0.4, 0.5) is 0 Å². The Morgan fingerprint density at radius 3 is 2.89 bits per heavy atom. The highest BCUT2D eigenvalue weighted by Gasteiger charge is 2.49. The fourth-order valence-corrected chi connectivity index (χ4v) is 4.86. The van der Waals surface area contributed by atoms with Crippen molar-refractivity contribution in [3.63, 3.8) is 0 Å². The summed E-state index contributed by atoms with van der Waals surface area (Å²) in [4.78, 5) is 7.33. The maximum absolute atomic E-state index is 5.72. The van der Waals surface area contributed by atoms with Gasteiger partial charge in [-0.05, 0) is 34.9 Å². The van der Waals surface area contributed by atoms with Crippen LogP contribution in [0.15, 0.2) is 88.4 Å². The number of rotatable bonds is 3. The molecule has 1 saturated heterocycles. The second-order valence-electron chi connectivity index (χ2n) is 8.21. The standard InChI is InChI=1S/C23H26N3O/c1-3-13-26(2)14-11-25(12-15-26)20-9-10-21-18(16-20)7-8-19-5-4-6-22-23(19,21)24-17-27-22/h3-10,17H,1,11-16H2,2H3/q+1. The van der Waals surface area contributed by atoms with E-state index in [-0.39, 0.29) is 0 Å². The molecular formula is C23H26N3O+. The Kier molecular flexibility index (Phi) is 3.66. The Balaban J connectivity index is 1.42. The van der Waals surface area contributed by atoms with Crippen molar-refractivity contribution in [2.24, 2.45) is 4.99 Å². The molecule has 4 nitrogen and oxygen atoms in total. The average Bonchev–Trinajstić information content (AvgIpc) is 3.12. The van der Waals surface area contributed by atoms with E-state index >= 15 is 0 Å². The first-order valence-electron chi connectivity index (χ1n) is 9.76. The second-order valence-corrected chi connectivity index (χ2v) is 8.21. The fraction of sp³-hybridized carbons (Fsp3) is 0.348. The second kappa shape index (κ2) is 5.96.